The standard InChI is InChI=1S/C20H27FN4O/c1-26-17-3-4-18(21)16(11-17)12-24-9-2-5-20(14-24)6-10-25(15-20)13-19-22-7-8-23-19/h3-4,7-8,11H,2,5-6,9-10,12-15H2,1H3,(H,22,23)/t20-/m1/s1. The van der Waals surface area contributed by atoms with Crippen molar-refractivity contribution in [2.45, 2.75) is 32.4 Å². The monoisotopic (exact) mass is 358 g/mol. The smallest absolute Gasteiger partial charge is 0.127 e. The number of H-pyrrole nitrogens is 1. The van der Waals surface area contributed by atoms with Crippen LogP contribution in [0.15, 0.2) is 30.6 Å². The first-order chi connectivity index (χ1) is 12.7. The van der Waals surface area contributed by atoms with E-state index in [2.05, 4.69) is 19.8 Å². The zero-order chi connectivity index (χ0) is 18.0. The molecule has 0 unspecified atom stereocenters. The van der Waals surface area contributed by atoms with Gasteiger partial charge in [-0.3, -0.25) is 9.80 Å². The van der Waals surface area contributed by atoms with Gasteiger partial charge >= 0.3 is 0 Å². The van der Waals surface area contributed by atoms with Crippen LogP contribution in [0, 0.1) is 11.2 Å². The first kappa shape index (κ1) is 17.5. The highest BCUT2D eigenvalue weighted by molar-refractivity contribution is 5.29. The highest BCUT2D eigenvalue weighted by Crippen LogP contribution is 2.39. The molecule has 5 nitrogen and oxygen atoms in total. The minimum atomic E-state index is -0.142. The van der Waals surface area contributed by atoms with E-state index >= 15 is 0 Å². The lowest BCUT2D eigenvalue weighted by Crippen LogP contribution is -2.44. The van der Waals surface area contributed by atoms with Gasteiger partial charge in [0, 0.05) is 37.6 Å². The molecule has 2 aliphatic rings. The lowest BCUT2D eigenvalue weighted by molar-refractivity contribution is 0.0855. The van der Waals surface area contributed by atoms with E-state index in [4.69, 9.17) is 4.74 Å². The fourth-order valence-corrected chi connectivity index (χ4v) is 4.58. The van der Waals surface area contributed by atoms with Crippen LogP contribution in [0.5, 0.6) is 5.75 Å². The van der Waals surface area contributed by atoms with E-state index in [9.17, 15) is 4.39 Å². The molecule has 4 rings (SSSR count). The second-order valence-corrected chi connectivity index (χ2v) is 7.77. The van der Waals surface area contributed by atoms with Crippen LogP contribution in [0.25, 0.3) is 0 Å². The Kier molecular flexibility index (Phi) is 4.96. The Morgan fingerprint density at radius 1 is 1.19 bits per heavy atom. The van der Waals surface area contributed by atoms with Crippen molar-refractivity contribution >= 4 is 0 Å². The number of hydrogen-bond acceptors (Lipinski definition) is 4. The Morgan fingerprint density at radius 3 is 2.81 bits per heavy atom. The number of nitrogens with one attached hydrogen (secondary N) is 1. The van der Waals surface area contributed by atoms with Gasteiger partial charge in [0.05, 0.1) is 13.7 Å². The first-order valence-electron chi connectivity index (χ1n) is 9.41. The molecule has 1 aromatic heterocycles. The number of benzene rings is 1. The number of imidazole rings is 1. The molecule has 0 bridgehead atoms. The first-order valence-corrected chi connectivity index (χ1v) is 9.41. The molecule has 2 aromatic rings. The average molecular weight is 358 g/mol. The van der Waals surface area contributed by atoms with Crippen molar-refractivity contribution in [3.63, 3.8) is 0 Å². The van der Waals surface area contributed by atoms with Crippen molar-refractivity contribution in [1.29, 1.82) is 0 Å². The molecule has 1 N–H and O–H groups in total. The molecule has 1 spiro atoms. The van der Waals surface area contributed by atoms with Crippen LogP contribution in [0.3, 0.4) is 0 Å². The number of aromatic nitrogens is 2. The van der Waals surface area contributed by atoms with Crippen LogP contribution >= 0.6 is 0 Å². The van der Waals surface area contributed by atoms with Gasteiger partial charge in [-0.05, 0) is 56.0 Å². The van der Waals surface area contributed by atoms with E-state index in [1.165, 1.54) is 25.3 Å². The number of rotatable bonds is 5. The van der Waals surface area contributed by atoms with E-state index in [1.54, 1.807) is 13.2 Å². The average Bonchev–Trinajstić information content (AvgIpc) is 3.28. The summed E-state index contributed by atoms with van der Waals surface area (Å²) >= 11 is 0. The summed E-state index contributed by atoms with van der Waals surface area (Å²) in [5, 5.41) is 0. The Labute approximate surface area is 154 Å². The number of piperidine rings is 1. The topological polar surface area (TPSA) is 44.4 Å². The van der Waals surface area contributed by atoms with Crippen molar-refractivity contribution in [1.82, 2.24) is 19.8 Å². The summed E-state index contributed by atoms with van der Waals surface area (Å²) in [6.07, 6.45) is 7.35. The molecule has 3 heterocycles. The van der Waals surface area contributed by atoms with Crippen LogP contribution in [-0.4, -0.2) is 53.1 Å². The van der Waals surface area contributed by atoms with E-state index in [0.29, 0.717) is 12.0 Å². The molecule has 0 radical (unpaired) electrons. The van der Waals surface area contributed by atoms with E-state index in [1.807, 2.05) is 18.5 Å². The maximum Gasteiger partial charge on any atom is 0.127 e. The van der Waals surface area contributed by atoms with E-state index in [0.717, 1.165) is 49.9 Å². The third-order valence-corrected chi connectivity index (χ3v) is 5.83. The SMILES string of the molecule is COc1ccc(F)c(CN2CCC[C@@]3(CCN(Cc4ncc[nH]4)C3)C2)c1. The van der Waals surface area contributed by atoms with Crippen LogP contribution in [0.2, 0.25) is 0 Å². The number of hydrogen-bond donors (Lipinski definition) is 1. The zero-order valence-electron chi connectivity index (χ0n) is 15.4. The number of ether oxygens (including phenoxy) is 1. The normalized spacial score (nSPS) is 24.4. The largest absolute Gasteiger partial charge is 0.497 e. The third-order valence-electron chi connectivity index (χ3n) is 5.83. The number of nitrogens with zero attached hydrogens (tertiary/aromatic N) is 3. The predicted molar refractivity (Wildman–Crippen MR) is 98.4 cm³/mol. The van der Waals surface area contributed by atoms with Gasteiger partial charge in [-0.25, -0.2) is 9.37 Å². The molecule has 2 fully saturated rings. The Hall–Kier alpha value is -1.92. The third kappa shape index (κ3) is 3.76. The molecule has 1 aromatic carbocycles. The number of aromatic amines is 1. The van der Waals surface area contributed by atoms with Crippen molar-refractivity contribution in [2.75, 3.05) is 33.3 Å². The quantitative estimate of drug-likeness (QED) is 0.892. The molecule has 0 aliphatic carbocycles. The fourth-order valence-electron chi connectivity index (χ4n) is 4.58. The van der Waals surface area contributed by atoms with Crippen LogP contribution < -0.4 is 4.74 Å². The van der Waals surface area contributed by atoms with Crippen LogP contribution in [-0.2, 0) is 13.1 Å². The van der Waals surface area contributed by atoms with Crippen molar-refractivity contribution < 1.29 is 9.13 Å². The van der Waals surface area contributed by atoms with Gasteiger partial charge in [0.2, 0.25) is 0 Å². The Bertz CT molecular complexity index is 735. The van der Waals surface area contributed by atoms with Gasteiger partial charge < -0.3 is 9.72 Å². The molecule has 1 atom stereocenters. The summed E-state index contributed by atoms with van der Waals surface area (Å²) in [5.74, 6) is 1.61. The molecule has 6 heteroatoms. The highest BCUT2D eigenvalue weighted by atomic mass is 19.1. The number of methoxy groups -OCH3 is 1. The summed E-state index contributed by atoms with van der Waals surface area (Å²) in [6, 6.07) is 5.02. The van der Waals surface area contributed by atoms with Crippen LogP contribution in [0.1, 0.15) is 30.7 Å². The van der Waals surface area contributed by atoms with Crippen LogP contribution in [0.4, 0.5) is 4.39 Å². The molecule has 0 saturated carbocycles. The highest BCUT2D eigenvalue weighted by Gasteiger charge is 2.41. The minimum absolute atomic E-state index is 0.142. The minimum Gasteiger partial charge on any atom is -0.497 e. The second-order valence-electron chi connectivity index (χ2n) is 7.77. The molecule has 2 aliphatic heterocycles. The van der Waals surface area contributed by atoms with Gasteiger partial charge in [-0.1, -0.05) is 0 Å². The summed E-state index contributed by atoms with van der Waals surface area (Å²) < 4.78 is 19.5. The van der Waals surface area contributed by atoms with E-state index < -0.39 is 0 Å². The van der Waals surface area contributed by atoms with Crippen molar-refractivity contribution in [3.05, 3.63) is 47.8 Å². The number of likely N-dealkylation sites (tertiary alicyclic amines) is 2. The maximum atomic E-state index is 14.2. The lowest BCUT2D eigenvalue weighted by atomic mass is 9.79. The number of halogens is 1. The van der Waals surface area contributed by atoms with Crippen molar-refractivity contribution in [2.24, 2.45) is 5.41 Å². The lowest BCUT2D eigenvalue weighted by Gasteiger charge is -2.40. The summed E-state index contributed by atoms with van der Waals surface area (Å²) in [4.78, 5) is 12.5. The molecule has 26 heavy (non-hydrogen) atoms. The van der Waals surface area contributed by atoms with Gasteiger partial charge in [-0.15, -0.1) is 0 Å². The summed E-state index contributed by atoms with van der Waals surface area (Å²) in [7, 11) is 1.62. The molecule has 140 valence electrons. The predicted octanol–water partition coefficient (Wildman–Crippen LogP) is 3.05. The molecule has 2 saturated heterocycles. The summed E-state index contributed by atoms with van der Waals surface area (Å²) in [5.41, 5.74) is 1.06. The second kappa shape index (κ2) is 7.37. The fraction of sp³-hybridized carbons (Fsp3) is 0.550. The molecular formula is C20H27FN4O. The van der Waals surface area contributed by atoms with Gasteiger partial charge in [0.25, 0.3) is 0 Å². The molecular weight excluding hydrogens is 331 g/mol. The van der Waals surface area contributed by atoms with E-state index in [-0.39, 0.29) is 5.82 Å². The molecule has 0 amide bonds. The van der Waals surface area contributed by atoms with Gasteiger partial charge in [0.15, 0.2) is 0 Å². The van der Waals surface area contributed by atoms with Crippen molar-refractivity contribution in [3.8, 4) is 5.75 Å². The summed E-state index contributed by atoms with van der Waals surface area (Å²) in [6.45, 7) is 5.84. The van der Waals surface area contributed by atoms with Gasteiger partial charge in [0.1, 0.15) is 17.4 Å². The van der Waals surface area contributed by atoms with Gasteiger partial charge in [-0.2, -0.15) is 0 Å². The Morgan fingerprint density at radius 2 is 2.04 bits per heavy atom. The maximum absolute atomic E-state index is 14.2. The Balaban J connectivity index is 1.40. The zero-order valence-corrected chi connectivity index (χ0v) is 15.4.